The highest BCUT2D eigenvalue weighted by molar-refractivity contribution is 8.15. The maximum Gasteiger partial charge on any atom is 0.283 e. The Balaban J connectivity index is 1.86. The van der Waals surface area contributed by atoms with Crippen LogP contribution in [0.2, 0.25) is 5.02 Å². The van der Waals surface area contributed by atoms with E-state index in [9.17, 15) is 4.79 Å². The monoisotopic (exact) mass is 380 g/mol. The third kappa shape index (κ3) is 4.14. The van der Waals surface area contributed by atoms with Crippen molar-refractivity contribution < 1.29 is 9.53 Å². The zero-order valence-corrected chi connectivity index (χ0v) is 16.5. The molecule has 2 aliphatic rings. The number of hydrogen-bond donors (Lipinski definition) is 0. The van der Waals surface area contributed by atoms with Crippen LogP contribution in [0.3, 0.4) is 0 Å². The van der Waals surface area contributed by atoms with Gasteiger partial charge < -0.3 is 9.64 Å². The molecule has 25 heavy (non-hydrogen) atoms. The molecule has 0 aromatic heterocycles. The number of amides is 1. The summed E-state index contributed by atoms with van der Waals surface area (Å²) >= 11 is 7.86. The number of amidine groups is 1. The van der Waals surface area contributed by atoms with Crippen molar-refractivity contribution in [3.8, 4) is 5.75 Å². The van der Waals surface area contributed by atoms with Crippen LogP contribution in [-0.4, -0.2) is 40.9 Å². The maximum atomic E-state index is 12.8. The van der Waals surface area contributed by atoms with Gasteiger partial charge in [0, 0.05) is 22.9 Å². The maximum absolute atomic E-state index is 12.8. The molecule has 1 amide bonds. The predicted molar refractivity (Wildman–Crippen MR) is 105 cm³/mol. The average Bonchev–Trinajstić information content (AvgIpc) is 3.19. The Kier molecular flexibility index (Phi) is 5.95. The fourth-order valence-electron chi connectivity index (χ4n) is 3.60. The molecule has 1 aliphatic heterocycles. The van der Waals surface area contributed by atoms with Gasteiger partial charge in [-0.1, -0.05) is 49.5 Å². The van der Waals surface area contributed by atoms with E-state index in [1.54, 1.807) is 37.1 Å². The predicted octanol–water partition coefficient (Wildman–Crippen LogP) is 5.01. The molecule has 3 rings (SSSR count). The van der Waals surface area contributed by atoms with Crippen LogP contribution >= 0.6 is 23.4 Å². The molecule has 1 aromatic carbocycles. The number of carbonyl (C=O) groups excluding carboxylic acids is 1. The fraction of sp³-hybridized carbons (Fsp3) is 0.579. The fourth-order valence-corrected chi connectivity index (χ4v) is 5.28. The first-order valence-corrected chi connectivity index (χ1v) is 10.2. The van der Waals surface area contributed by atoms with Crippen LogP contribution in [0.4, 0.5) is 0 Å². The SMILES string of the molecule is CCCCN1CC2(CCCC2)S/C1=N\C(=O)c1cc(Cl)ccc1OC. The second-order valence-electron chi connectivity index (χ2n) is 6.81. The van der Waals surface area contributed by atoms with Crippen LogP contribution in [0.15, 0.2) is 23.2 Å². The van der Waals surface area contributed by atoms with E-state index in [2.05, 4.69) is 16.8 Å². The molecule has 1 aromatic rings. The number of methoxy groups -OCH3 is 1. The van der Waals surface area contributed by atoms with Crippen molar-refractivity contribution in [2.75, 3.05) is 20.2 Å². The van der Waals surface area contributed by atoms with Crippen LogP contribution in [-0.2, 0) is 0 Å². The van der Waals surface area contributed by atoms with E-state index in [0.717, 1.165) is 31.1 Å². The summed E-state index contributed by atoms with van der Waals surface area (Å²) in [4.78, 5) is 19.6. The lowest BCUT2D eigenvalue weighted by Gasteiger charge is -2.21. The largest absolute Gasteiger partial charge is 0.496 e. The topological polar surface area (TPSA) is 41.9 Å². The van der Waals surface area contributed by atoms with Crippen LogP contribution < -0.4 is 4.74 Å². The van der Waals surface area contributed by atoms with Gasteiger partial charge in [-0.2, -0.15) is 4.99 Å². The van der Waals surface area contributed by atoms with E-state index in [0.29, 0.717) is 16.3 Å². The van der Waals surface area contributed by atoms with Gasteiger partial charge in [0.1, 0.15) is 5.75 Å². The van der Waals surface area contributed by atoms with Crippen molar-refractivity contribution in [1.29, 1.82) is 0 Å². The Morgan fingerprint density at radius 1 is 1.40 bits per heavy atom. The molecule has 0 atom stereocenters. The van der Waals surface area contributed by atoms with Gasteiger partial charge in [0.15, 0.2) is 5.17 Å². The molecule has 136 valence electrons. The van der Waals surface area contributed by atoms with Crippen LogP contribution in [0, 0.1) is 0 Å². The molecular weight excluding hydrogens is 356 g/mol. The summed E-state index contributed by atoms with van der Waals surface area (Å²) in [7, 11) is 1.55. The quantitative estimate of drug-likeness (QED) is 0.720. The molecule has 2 fully saturated rings. The van der Waals surface area contributed by atoms with E-state index in [4.69, 9.17) is 16.3 Å². The highest BCUT2D eigenvalue weighted by Crippen LogP contribution is 2.48. The van der Waals surface area contributed by atoms with E-state index in [-0.39, 0.29) is 10.7 Å². The molecule has 1 aliphatic carbocycles. The van der Waals surface area contributed by atoms with Crippen molar-refractivity contribution in [3.05, 3.63) is 28.8 Å². The summed E-state index contributed by atoms with van der Waals surface area (Å²) in [5.74, 6) is 0.232. The first-order valence-electron chi connectivity index (χ1n) is 8.97. The van der Waals surface area contributed by atoms with Gasteiger partial charge in [-0.15, -0.1) is 0 Å². The molecule has 1 saturated carbocycles. The molecule has 0 bridgehead atoms. The first kappa shape index (κ1) is 18.6. The summed E-state index contributed by atoms with van der Waals surface area (Å²) in [5, 5.41) is 1.38. The lowest BCUT2D eigenvalue weighted by Crippen LogP contribution is -2.31. The zero-order valence-electron chi connectivity index (χ0n) is 14.9. The molecule has 6 heteroatoms. The van der Waals surface area contributed by atoms with Gasteiger partial charge in [-0.3, -0.25) is 4.79 Å². The molecule has 1 saturated heterocycles. The number of rotatable bonds is 5. The highest BCUT2D eigenvalue weighted by atomic mass is 35.5. The number of carbonyl (C=O) groups is 1. The summed E-state index contributed by atoms with van der Waals surface area (Å²) in [5.41, 5.74) is 0.422. The van der Waals surface area contributed by atoms with E-state index in [1.807, 2.05) is 0 Å². The molecule has 1 spiro atoms. The Morgan fingerprint density at radius 2 is 2.16 bits per heavy atom. The Morgan fingerprint density at radius 3 is 2.84 bits per heavy atom. The molecule has 0 N–H and O–H groups in total. The summed E-state index contributed by atoms with van der Waals surface area (Å²) in [6.45, 7) is 4.16. The number of halogens is 1. The summed E-state index contributed by atoms with van der Waals surface area (Å²) < 4.78 is 5.56. The second kappa shape index (κ2) is 8.00. The number of hydrogen-bond acceptors (Lipinski definition) is 3. The van der Waals surface area contributed by atoms with Crippen molar-refractivity contribution in [3.63, 3.8) is 0 Å². The Bertz CT molecular complexity index is 671. The molecule has 4 nitrogen and oxygen atoms in total. The van der Waals surface area contributed by atoms with Gasteiger partial charge in [0.05, 0.1) is 12.7 Å². The minimum atomic E-state index is -0.279. The number of benzene rings is 1. The molecule has 1 heterocycles. The number of nitrogens with zero attached hydrogens (tertiary/aromatic N) is 2. The van der Waals surface area contributed by atoms with Crippen LogP contribution in [0.1, 0.15) is 55.8 Å². The van der Waals surface area contributed by atoms with E-state index >= 15 is 0 Å². The number of unbranched alkanes of at least 4 members (excludes halogenated alkanes) is 1. The first-order chi connectivity index (χ1) is 12.1. The van der Waals surface area contributed by atoms with Crippen molar-refractivity contribution >= 4 is 34.4 Å². The van der Waals surface area contributed by atoms with Crippen molar-refractivity contribution in [1.82, 2.24) is 4.90 Å². The summed E-state index contributed by atoms with van der Waals surface area (Å²) in [6.07, 6.45) is 7.24. The molecule has 0 unspecified atom stereocenters. The molecule has 0 radical (unpaired) electrons. The van der Waals surface area contributed by atoms with Crippen LogP contribution in [0.25, 0.3) is 0 Å². The van der Waals surface area contributed by atoms with Gasteiger partial charge in [0.2, 0.25) is 0 Å². The Labute approximate surface area is 159 Å². The van der Waals surface area contributed by atoms with Gasteiger partial charge in [0.25, 0.3) is 5.91 Å². The third-order valence-electron chi connectivity index (χ3n) is 4.94. The smallest absolute Gasteiger partial charge is 0.283 e. The minimum Gasteiger partial charge on any atom is -0.496 e. The third-order valence-corrected chi connectivity index (χ3v) is 6.68. The van der Waals surface area contributed by atoms with Gasteiger partial charge in [-0.25, -0.2) is 0 Å². The minimum absolute atomic E-state index is 0.255. The van der Waals surface area contributed by atoms with Gasteiger partial charge >= 0.3 is 0 Å². The van der Waals surface area contributed by atoms with Gasteiger partial charge in [-0.05, 0) is 37.5 Å². The summed E-state index contributed by atoms with van der Waals surface area (Å²) in [6, 6.07) is 5.06. The Hall–Kier alpha value is -1.20. The van der Waals surface area contributed by atoms with Crippen molar-refractivity contribution in [2.45, 2.75) is 50.2 Å². The average molecular weight is 381 g/mol. The second-order valence-corrected chi connectivity index (χ2v) is 8.68. The van der Waals surface area contributed by atoms with Crippen molar-refractivity contribution in [2.24, 2.45) is 4.99 Å². The lowest BCUT2D eigenvalue weighted by atomic mass is 10.1. The lowest BCUT2D eigenvalue weighted by molar-refractivity contribution is 0.0999. The standard InChI is InChI=1S/C19H25ClN2O2S/c1-3-4-11-22-13-19(9-5-6-10-19)25-18(22)21-17(23)15-12-14(20)7-8-16(15)24-2/h7-8,12H,3-6,9-11,13H2,1-2H3/b21-18-. The van der Waals surface area contributed by atoms with E-state index < -0.39 is 0 Å². The number of thioether (sulfide) groups is 1. The molecular formula is C19H25ClN2O2S. The number of ether oxygens (including phenoxy) is 1. The van der Waals surface area contributed by atoms with Crippen LogP contribution in [0.5, 0.6) is 5.75 Å². The zero-order chi connectivity index (χ0) is 17.9. The number of aliphatic imine (C=N–C) groups is 1. The highest BCUT2D eigenvalue weighted by Gasteiger charge is 2.44. The normalized spacial score (nSPS) is 20.6. The van der Waals surface area contributed by atoms with E-state index in [1.165, 1.54) is 25.7 Å².